The lowest BCUT2D eigenvalue weighted by atomic mass is 10.1. The molecule has 2 aromatic carbocycles. The van der Waals surface area contributed by atoms with Gasteiger partial charge in [0.1, 0.15) is 5.82 Å². The molecule has 0 saturated carbocycles. The molecule has 6 nitrogen and oxygen atoms in total. The molecule has 0 spiro atoms. The molecule has 0 aliphatic rings. The van der Waals surface area contributed by atoms with Crippen LogP contribution >= 0.6 is 11.6 Å². The summed E-state index contributed by atoms with van der Waals surface area (Å²) in [6, 6.07) is 13.8. The highest BCUT2D eigenvalue weighted by molar-refractivity contribution is 6.31. The van der Waals surface area contributed by atoms with Gasteiger partial charge in [-0.2, -0.15) is 13.2 Å². The van der Waals surface area contributed by atoms with E-state index >= 15 is 0 Å². The molecule has 0 atom stereocenters. The van der Waals surface area contributed by atoms with Crippen LogP contribution in [0.1, 0.15) is 31.4 Å². The Morgan fingerprint density at radius 3 is 2.62 bits per heavy atom. The van der Waals surface area contributed by atoms with Gasteiger partial charge in [0.25, 0.3) is 0 Å². The lowest BCUT2D eigenvalue weighted by Gasteiger charge is -2.27. The summed E-state index contributed by atoms with van der Waals surface area (Å²) in [5.41, 5.74) is 0.279. The summed E-state index contributed by atoms with van der Waals surface area (Å²) in [4.78, 5) is 24.0. The van der Waals surface area contributed by atoms with Crippen LogP contribution in [0.15, 0.2) is 65.3 Å². The number of hydrogen-bond donors (Lipinski definition) is 1. The van der Waals surface area contributed by atoms with Gasteiger partial charge in [-0.15, -0.1) is 0 Å². The minimum Gasteiger partial charge on any atom is -0.461 e. The number of halogens is 4. The predicted octanol–water partition coefficient (Wildman–Crippen LogP) is 6.73. The van der Waals surface area contributed by atoms with Crippen molar-refractivity contribution in [2.24, 2.45) is 5.92 Å². The molecular weight excluding hydrogens is 505 g/mol. The number of amides is 1. The number of alkyl halides is 3. The van der Waals surface area contributed by atoms with Crippen molar-refractivity contribution >= 4 is 34.2 Å². The Kier molecular flexibility index (Phi) is 8.02. The summed E-state index contributed by atoms with van der Waals surface area (Å²) >= 11 is 6.22. The van der Waals surface area contributed by atoms with E-state index in [1.807, 2.05) is 11.0 Å². The van der Waals surface area contributed by atoms with Gasteiger partial charge in [-0.3, -0.25) is 4.79 Å². The van der Waals surface area contributed by atoms with E-state index in [1.54, 1.807) is 36.6 Å². The third-order valence-corrected chi connectivity index (χ3v) is 5.85. The molecule has 0 radical (unpaired) electrons. The van der Waals surface area contributed by atoms with E-state index in [0.717, 1.165) is 17.5 Å². The van der Waals surface area contributed by atoms with Crippen LogP contribution in [0.5, 0.6) is 0 Å². The maximum Gasteiger partial charge on any atom is 0.416 e. The first-order chi connectivity index (χ1) is 17.6. The molecule has 194 valence electrons. The first-order valence-electron chi connectivity index (χ1n) is 11.8. The molecule has 0 unspecified atom stereocenters. The van der Waals surface area contributed by atoms with E-state index in [1.165, 1.54) is 6.07 Å². The van der Waals surface area contributed by atoms with Crippen molar-refractivity contribution < 1.29 is 22.4 Å². The summed E-state index contributed by atoms with van der Waals surface area (Å²) in [6.07, 6.45) is -2.77. The van der Waals surface area contributed by atoms with Gasteiger partial charge in [0.15, 0.2) is 11.6 Å². The summed E-state index contributed by atoms with van der Waals surface area (Å²) < 4.78 is 44.4. The van der Waals surface area contributed by atoms with Crippen molar-refractivity contribution in [1.82, 2.24) is 15.3 Å². The van der Waals surface area contributed by atoms with Crippen molar-refractivity contribution in [1.29, 1.82) is 0 Å². The molecule has 4 aromatic rings. The van der Waals surface area contributed by atoms with Crippen LogP contribution in [0.4, 0.5) is 19.0 Å². The smallest absolute Gasteiger partial charge is 0.416 e. The lowest BCUT2D eigenvalue weighted by Crippen LogP contribution is -2.34. The van der Waals surface area contributed by atoms with Gasteiger partial charge in [-0.1, -0.05) is 37.6 Å². The highest BCUT2D eigenvalue weighted by atomic mass is 35.5. The van der Waals surface area contributed by atoms with Crippen LogP contribution in [0.2, 0.25) is 5.02 Å². The van der Waals surface area contributed by atoms with Gasteiger partial charge < -0.3 is 14.6 Å². The van der Waals surface area contributed by atoms with Crippen molar-refractivity contribution in [2.45, 2.75) is 33.0 Å². The van der Waals surface area contributed by atoms with E-state index in [-0.39, 0.29) is 24.8 Å². The largest absolute Gasteiger partial charge is 0.461 e. The molecule has 0 aliphatic carbocycles. The lowest BCUT2D eigenvalue weighted by molar-refractivity contribution is -0.137. The van der Waals surface area contributed by atoms with E-state index < -0.39 is 11.7 Å². The Morgan fingerprint density at radius 2 is 1.92 bits per heavy atom. The monoisotopic (exact) mass is 530 g/mol. The number of carbonyl (C=O) groups excluding carboxylic acids is 1. The number of rotatable bonds is 9. The summed E-state index contributed by atoms with van der Waals surface area (Å²) in [5, 5.41) is 4.03. The number of furan rings is 1. The number of hydrogen-bond acceptors (Lipinski definition) is 5. The average Bonchev–Trinajstić information content (AvgIpc) is 3.39. The van der Waals surface area contributed by atoms with Crippen molar-refractivity contribution in [3.63, 3.8) is 0 Å². The third kappa shape index (κ3) is 6.80. The summed E-state index contributed by atoms with van der Waals surface area (Å²) in [6.45, 7) is 5.10. The van der Waals surface area contributed by atoms with E-state index in [4.69, 9.17) is 21.0 Å². The zero-order chi connectivity index (χ0) is 26.6. The second-order valence-electron chi connectivity index (χ2n) is 9.07. The molecule has 0 aliphatic heterocycles. The van der Waals surface area contributed by atoms with Gasteiger partial charge in [-0.05, 0) is 53.9 Å². The van der Waals surface area contributed by atoms with Crippen LogP contribution in [-0.2, 0) is 17.5 Å². The molecule has 0 fully saturated rings. The Balaban J connectivity index is 1.54. The molecule has 10 heteroatoms. The molecule has 2 heterocycles. The number of benzene rings is 2. The summed E-state index contributed by atoms with van der Waals surface area (Å²) in [7, 11) is 0. The topological polar surface area (TPSA) is 71.3 Å². The van der Waals surface area contributed by atoms with Gasteiger partial charge in [0.2, 0.25) is 5.91 Å². The average molecular weight is 531 g/mol. The minimum absolute atomic E-state index is 0.00448. The van der Waals surface area contributed by atoms with Gasteiger partial charge in [0, 0.05) is 36.5 Å². The van der Waals surface area contributed by atoms with E-state index in [0.29, 0.717) is 46.6 Å². The maximum atomic E-state index is 13.0. The van der Waals surface area contributed by atoms with Crippen molar-refractivity contribution in [3.05, 3.63) is 77.0 Å². The Hall–Kier alpha value is -3.59. The molecule has 0 bridgehead atoms. The number of nitrogens with one attached hydrogen (secondary N) is 1. The normalized spacial score (nSPS) is 11.8. The fourth-order valence-corrected chi connectivity index (χ4v) is 4.12. The van der Waals surface area contributed by atoms with E-state index in [9.17, 15) is 18.0 Å². The number of anilines is 1. The Morgan fingerprint density at radius 1 is 1.11 bits per heavy atom. The number of nitrogens with zero attached hydrogens (tertiary/aromatic N) is 3. The van der Waals surface area contributed by atoms with Crippen LogP contribution in [0.25, 0.3) is 22.5 Å². The molecule has 1 amide bonds. The molecular formula is C27H26ClF3N4O2. The van der Waals surface area contributed by atoms with Crippen LogP contribution in [0, 0.1) is 5.92 Å². The highest BCUT2D eigenvalue weighted by Gasteiger charge is 2.30. The van der Waals surface area contributed by atoms with Crippen molar-refractivity contribution in [3.8, 4) is 11.6 Å². The van der Waals surface area contributed by atoms with E-state index in [2.05, 4.69) is 24.1 Å². The minimum atomic E-state index is -4.43. The fourth-order valence-electron chi connectivity index (χ4n) is 3.95. The fraction of sp³-hybridized carbons (Fsp3) is 0.296. The number of carbonyl (C=O) groups is 1. The van der Waals surface area contributed by atoms with Crippen LogP contribution in [-0.4, -0.2) is 29.0 Å². The number of aromatic nitrogens is 2. The second kappa shape index (κ2) is 11.2. The Labute approximate surface area is 217 Å². The zero-order valence-electron chi connectivity index (χ0n) is 20.3. The predicted molar refractivity (Wildman–Crippen MR) is 137 cm³/mol. The van der Waals surface area contributed by atoms with Gasteiger partial charge in [0.05, 0.1) is 17.3 Å². The highest BCUT2D eigenvalue weighted by Crippen LogP contribution is 2.31. The quantitative estimate of drug-likeness (QED) is 0.260. The third-order valence-electron chi connectivity index (χ3n) is 5.62. The van der Waals surface area contributed by atoms with Crippen LogP contribution in [0.3, 0.4) is 0 Å². The van der Waals surface area contributed by atoms with Crippen LogP contribution < -0.4 is 10.2 Å². The SMILES string of the molecule is CC(C)CN(CCC(=O)NCc1cccc(C(F)(F)F)c1)c1nc(-c2ccco2)nc2cc(Cl)ccc12. The Bertz CT molecular complexity index is 1370. The van der Waals surface area contributed by atoms with Gasteiger partial charge >= 0.3 is 6.18 Å². The van der Waals surface area contributed by atoms with Crippen molar-refractivity contribution in [2.75, 3.05) is 18.0 Å². The maximum absolute atomic E-state index is 13.0. The second-order valence-corrected chi connectivity index (χ2v) is 9.51. The molecule has 4 rings (SSSR count). The number of fused-ring (bicyclic) bond motifs is 1. The van der Waals surface area contributed by atoms with Gasteiger partial charge in [-0.25, -0.2) is 9.97 Å². The first-order valence-corrected chi connectivity index (χ1v) is 12.2. The summed E-state index contributed by atoms with van der Waals surface area (Å²) in [5.74, 6) is 1.53. The molecule has 2 aromatic heterocycles. The molecule has 0 saturated heterocycles. The molecule has 1 N–H and O–H groups in total. The standard InChI is InChI=1S/C27H26ClF3N4O2/c1-17(2)16-35(11-10-24(36)32-15-18-5-3-6-19(13-18)27(29,30)31)26-21-9-8-20(28)14-22(21)33-25(34-26)23-7-4-12-37-23/h3-9,12-14,17H,10-11,15-16H2,1-2H3,(H,32,36). The first kappa shape index (κ1) is 26.5. The zero-order valence-corrected chi connectivity index (χ0v) is 21.1. The molecule has 37 heavy (non-hydrogen) atoms.